The van der Waals surface area contributed by atoms with E-state index in [-0.39, 0.29) is 11.9 Å². The smallest absolute Gasteiger partial charge is 0.350 e. The first kappa shape index (κ1) is 35.4. The Balaban J connectivity index is 0.000000211. The normalized spacial score (nSPS) is 12.2. The zero-order valence-electron chi connectivity index (χ0n) is 27.1. The lowest BCUT2D eigenvalue weighted by Gasteiger charge is -2.33. The van der Waals surface area contributed by atoms with Gasteiger partial charge in [0.25, 0.3) is 0 Å². The molecule has 1 heterocycles. The molecular formula is C37H40Cl2N2O4S. The van der Waals surface area contributed by atoms with Crippen molar-refractivity contribution >= 4 is 58.1 Å². The maximum Gasteiger partial charge on any atom is 0.350 e. The summed E-state index contributed by atoms with van der Waals surface area (Å²) in [4.78, 5) is 31.7. The molecule has 46 heavy (non-hydrogen) atoms. The van der Waals surface area contributed by atoms with Gasteiger partial charge < -0.3 is 19.3 Å². The molecule has 0 fully saturated rings. The van der Waals surface area contributed by atoms with Crippen LogP contribution in [-0.2, 0) is 9.53 Å². The van der Waals surface area contributed by atoms with Crippen molar-refractivity contribution in [2.75, 3.05) is 32.1 Å². The Bertz CT molecular complexity index is 1640. The number of ether oxygens (including phenoxy) is 2. The van der Waals surface area contributed by atoms with Gasteiger partial charge in [0, 0.05) is 37.5 Å². The number of carbonyl (C=O) groups excluding carboxylic acids is 2. The maximum atomic E-state index is 12.4. The topological polar surface area (TPSA) is 59.1 Å². The molecule has 0 unspecified atom stereocenters. The molecule has 242 valence electrons. The molecule has 0 spiro atoms. The molecule has 1 aliphatic heterocycles. The number of hydrogen-bond donors (Lipinski definition) is 0. The Morgan fingerprint density at radius 3 is 2.04 bits per heavy atom. The molecule has 0 aromatic heterocycles. The summed E-state index contributed by atoms with van der Waals surface area (Å²) < 4.78 is 10.9. The van der Waals surface area contributed by atoms with Gasteiger partial charge in [-0.3, -0.25) is 4.79 Å². The highest BCUT2D eigenvalue weighted by Gasteiger charge is 2.32. The van der Waals surface area contributed by atoms with Crippen LogP contribution in [0, 0.1) is 0 Å². The van der Waals surface area contributed by atoms with Crippen LogP contribution in [0.5, 0.6) is 5.75 Å². The minimum Gasteiger partial charge on any atom is -0.476 e. The van der Waals surface area contributed by atoms with Gasteiger partial charge in [-0.2, -0.15) is 0 Å². The Hall–Kier alpha value is -3.49. The number of hydrogen-bond acceptors (Lipinski definition) is 7. The zero-order chi connectivity index (χ0) is 33.4. The van der Waals surface area contributed by atoms with Crippen molar-refractivity contribution in [1.82, 2.24) is 4.90 Å². The second-order valence-corrected chi connectivity index (χ2v) is 13.9. The second kappa shape index (κ2) is 15.9. The number of rotatable bonds is 10. The molecule has 4 aromatic rings. The van der Waals surface area contributed by atoms with E-state index in [4.69, 9.17) is 32.7 Å². The van der Waals surface area contributed by atoms with Gasteiger partial charge in [-0.05, 0) is 134 Å². The van der Waals surface area contributed by atoms with Crippen molar-refractivity contribution in [2.45, 2.75) is 55.6 Å². The van der Waals surface area contributed by atoms with E-state index in [1.807, 2.05) is 17.8 Å². The summed E-state index contributed by atoms with van der Waals surface area (Å²) in [7, 11) is 4.23. The molecule has 4 aromatic carbocycles. The Kier molecular flexibility index (Phi) is 12.2. The number of benzene rings is 4. The summed E-state index contributed by atoms with van der Waals surface area (Å²) in [6.45, 7) is 8.94. The lowest BCUT2D eigenvalue weighted by Crippen LogP contribution is -2.40. The summed E-state index contributed by atoms with van der Waals surface area (Å²) in [6, 6.07) is 28.1. The highest BCUT2D eigenvalue weighted by molar-refractivity contribution is 7.99. The third kappa shape index (κ3) is 9.52. The van der Waals surface area contributed by atoms with Crippen molar-refractivity contribution in [3.63, 3.8) is 0 Å². The van der Waals surface area contributed by atoms with E-state index in [1.165, 1.54) is 21.2 Å². The Morgan fingerprint density at radius 2 is 1.41 bits per heavy atom. The largest absolute Gasteiger partial charge is 0.476 e. The van der Waals surface area contributed by atoms with Crippen molar-refractivity contribution < 1.29 is 19.1 Å². The average molecular weight is 680 g/mol. The van der Waals surface area contributed by atoms with Gasteiger partial charge in [0.1, 0.15) is 5.75 Å². The fraction of sp³-hybridized carbons (Fsp3) is 0.297. The van der Waals surface area contributed by atoms with Crippen molar-refractivity contribution in [3.05, 3.63) is 112 Å². The van der Waals surface area contributed by atoms with Crippen LogP contribution in [-0.4, -0.2) is 55.5 Å². The molecule has 5 rings (SSSR count). The van der Waals surface area contributed by atoms with Crippen LogP contribution in [0.15, 0.2) is 101 Å². The maximum absolute atomic E-state index is 12.4. The third-order valence-electron chi connectivity index (χ3n) is 7.01. The SMILES string of the molecule is CC(C)OC(=O)C(C)(C)Oc1ccc(C(=O)c2ccc(Cl)cc2)cc1.CN(C)CCCN1c2ccccc2Sc2ccc(Cl)cc21. The van der Waals surface area contributed by atoms with Crippen LogP contribution in [0.25, 0.3) is 0 Å². The zero-order valence-corrected chi connectivity index (χ0v) is 29.4. The molecule has 0 saturated carbocycles. The third-order valence-corrected chi connectivity index (χ3v) is 8.62. The number of anilines is 2. The molecule has 1 aliphatic rings. The van der Waals surface area contributed by atoms with Gasteiger partial charge >= 0.3 is 5.97 Å². The first-order chi connectivity index (χ1) is 21.8. The molecule has 0 bridgehead atoms. The molecule has 0 atom stereocenters. The van der Waals surface area contributed by atoms with Crippen LogP contribution in [0.4, 0.5) is 11.4 Å². The van der Waals surface area contributed by atoms with Crippen molar-refractivity contribution in [3.8, 4) is 5.75 Å². The summed E-state index contributed by atoms with van der Waals surface area (Å²) >= 11 is 13.9. The molecule has 0 radical (unpaired) electrons. The number of ketones is 1. The predicted octanol–water partition coefficient (Wildman–Crippen LogP) is 9.57. The number of fused-ring (bicyclic) bond motifs is 2. The number of nitrogens with zero attached hydrogens (tertiary/aromatic N) is 2. The Labute approximate surface area is 286 Å². The van der Waals surface area contributed by atoms with Gasteiger partial charge in [-0.15, -0.1) is 0 Å². The van der Waals surface area contributed by atoms with E-state index in [2.05, 4.69) is 60.3 Å². The highest BCUT2D eigenvalue weighted by Crippen LogP contribution is 2.48. The monoisotopic (exact) mass is 678 g/mol. The summed E-state index contributed by atoms with van der Waals surface area (Å²) in [6.07, 6.45) is 0.910. The molecule has 0 aliphatic carbocycles. The van der Waals surface area contributed by atoms with Gasteiger partial charge in [0.05, 0.1) is 17.5 Å². The van der Waals surface area contributed by atoms with E-state index in [9.17, 15) is 9.59 Å². The lowest BCUT2D eigenvalue weighted by molar-refractivity contribution is -0.163. The number of carbonyl (C=O) groups is 2. The van der Waals surface area contributed by atoms with E-state index < -0.39 is 11.6 Å². The molecule has 6 nitrogen and oxygen atoms in total. The minimum atomic E-state index is -1.12. The highest BCUT2D eigenvalue weighted by atomic mass is 35.5. The van der Waals surface area contributed by atoms with Crippen molar-refractivity contribution in [1.29, 1.82) is 0 Å². The first-order valence-electron chi connectivity index (χ1n) is 15.1. The van der Waals surface area contributed by atoms with Crippen molar-refractivity contribution in [2.24, 2.45) is 0 Å². The second-order valence-electron chi connectivity index (χ2n) is 11.9. The molecule has 9 heteroatoms. The summed E-state index contributed by atoms with van der Waals surface area (Å²) in [5.41, 5.74) is 2.48. The van der Waals surface area contributed by atoms with Crippen LogP contribution < -0.4 is 9.64 Å². The molecule has 0 saturated heterocycles. The van der Waals surface area contributed by atoms with E-state index in [0.29, 0.717) is 21.9 Å². The van der Waals surface area contributed by atoms with E-state index in [1.54, 1.807) is 76.2 Å². The number of halogens is 2. The van der Waals surface area contributed by atoms with Gasteiger partial charge in [-0.1, -0.05) is 47.1 Å². The van der Waals surface area contributed by atoms with Crippen LogP contribution in [0.3, 0.4) is 0 Å². The quantitative estimate of drug-likeness (QED) is 0.122. The van der Waals surface area contributed by atoms with E-state index >= 15 is 0 Å². The molecule has 0 amide bonds. The Morgan fingerprint density at radius 1 is 0.826 bits per heavy atom. The minimum absolute atomic E-state index is 0.110. The standard InChI is InChI=1S/C20H21ClO4.C17H19ClN2S/c1-13(2)24-19(23)20(3,4)25-17-11-7-15(8-12-17)18(22)14-5-9-16(21)10-6-14;1-19(2)10-5-11-20-14-6-3-4-7-16(14)21-17-9-8-13(18)12-15(17)20/h5-13H,1-4H3;3-4,6-9,12H,5,10-11H2,1-2H3. The summed E-state index contributed by atoms with van der Waals surface area (Å²) in [5, 5.41) is 1.38. The summed E-state index contributed by atoms with van der Waals surface area (Å²) in [5.74, 6) is -0.0659. The van der Waals surface area contributed by atoms with Gasteiger partial charge in [0.15, 0.2) is 11.4 Å². The predicted molar refractivity (Wildman–Crippen MR) is 189 cm³/mol. The lowest BCUT2D eigenvalue weighted by atomic mass is 10.0. The fourth-order valence-corrected chi connectivity index (χ4v) is 6.09. The van der Waals surface area contributed by atoms with Gasteiger partial charge in [0.2, 0.25) is 0 Å². The van der Waals surface area contributed by atoms with Crippen LogP contribution >= 0.6 is 35.0 Å². The molecular weight excluding hydrogens is 639 g/mol. The number of para-hydroxylation sites is 1. The average Bonchev–Trinajstić information content (AvgIpc) is 3.01. The van der Waals surface area contributed by atoms with Gasteiger partial charge in [-0.25, -0.2) is 4.79 Å². The molecule has 0 N–H and O–H groups in total. The number of esters is 1. The fourth-order valence-electron chi connectivity index (χ4n) is 4.72. The van der Waals surface area contributed by atoms with Crippen LogP contribution in [0.1, 0.15) is 50.0 Å². The first-order valence-corrected chi connectivity index (χ1v) is 16.7. The van der Waals surface area contributed by atoms with Crippen LogP contribution in [0.2, 0.25) is 10.0 Å². The van der Waals surface area contributed by atoms with E-state index in [0.717, 1.165) is 24.5 Å².